The molecule has 10 heteroatoms. The van der Waals surface area contributed by atoms with Crippen molar-refractivity contribution in [2.24, 2.45) is 5.92 Å². The molecule has 1 saturated heterocycles. The Hall–Kier alpha value is -1.51. The number of nitrogen functional groups attached to an aromatic ring is 1. The van der Waals surface area contributed by atoms with Gasteiger partial charge in [0.1, 0.15) is 0 Å². The number of hydrogen-bond donors (Lipinski definition) is 2. The van der Waals surface area contributed by atoms with E-state index >= 15 is 0 Å². The van der Waals surface area contributed by atoms with Gasteiger partial charge in [-0.15, -0.1) is 0 Å². The Kier molecular flexibility index (Phi) is 8.33. The molecule has 3 rings (SSSR count). The molecule has 174 valence electrons. The van der Waals surface area contributed by atoms with Gasteiger partial charge in [0.2, 0.25) is 15.9 Å². The molecule has 0 spiro atoms. The molecule has 6 nitrogen and oxygen atoms in total. The number of hydrogen-bond acceptors (Lipinski definition) is 4. The molecule has 1 aliphatic rings. The minimum absolute atomic E-state index is 0.0355. The van der Waals surface area contributed by atoms with Gasteiger partial charge in [-0.1, -0.05) is 59.9 Å². The summed E-state index contributed by atoms with van der Waals surface area (Å²) in [6.45, 7) is 3.59. The van der Waals surface area contributed by atoms with Crippen molar-refractivity contribution in [1.82, 2.24) is 9.62 Å². The summed E-state index contributed by atoms with van der Waals surface area (Å²) < 4.78 is 28.0. The van der Waals surface area contributed by atoms with E-state index in [4.69, 9.17) is 40.5 Å². The van der Waals surface area contributed by atoms with Crippen molar-refractivity contribution in [3.63, 3.8) is 0 Å². The summed E-state index contributed by atoms with van der Waals surface area (Å²) in [5, 5.41) is 0.596. The maximum absolute atomic E-state index is 13.4. The number of halogens is 3. The summed E-state index contributed by atoms with van der Waals surface area (Å²) in [7, 11) is -3.90. The fraction of sp³-hybridized carbons (Fsp3) is 0.409. The first kappa shape index (κ1) is 25.1. The molecule has 0 aliphatic carbocycles. The second-order valence-corrected chi connectivity index (χ2v) is 11.1. The first-order valence-electron chi connectivity index (χ1n) is 10.4. The maximum Gasteiger partial charge on any atom is 0.240 e. The maximum atomic E-state index is 13.4. The van der Waals surface area contributed by atoms with Gasteiger partial charge in [0, 0.05) is 24.7 Å². The van der Waals surface area contributed by atoms with E-state index in [2.05, 4.69) is 11.6 Å². The Bertz CT molecular complexity index is 1060. The zero-order valence-electron chi connectivity index (χ0n) is 17.7. The lowest BCUT2D eigenvalue weighted by Gasteiger charge is -2.33. The Morgan fingerprint density at radius 2 is 1.72 bits per heavy atom. The number of piperidine rings is 1. The highest BCUT2D eigenvalue weighted by molar-refractivity contribution is 7.89. The molecular formula is C22H26Cl3N3O3S. The van der Waals surface area contributed by atoms with Gasteiger partial charge >= 0.3 is 0 Å². The topological polar surface area (TPSA) is 92.5 Å². The van der Waals surface area contributed by atoms with E-state index < -0.39 is 15.9 Å². The summed E-state index contributed by atoms with van der Waals surface area (Å²) in [6, 6.07) is 9.66. The molecule has 0 radical (unpaired) electrons. The predicted molar refractivity (Wildman–Crippen MR) is 130 cm³/mol. The molecule has 1 fully saturated rings. The third-order valence-electron chi connectivity index (χ3n) is 5.76. The number of sulfonamides is 1. The van der Waals surface area contributed by atoms with Crippen LogP contribution in [0.25, 0.3) is 0 Å². The van der Waals surface area contributed by atoms with Gasteiger partial charge in [0.05, 0.1) is 26.5 Å². The van der Waals surface area contributed by atoms with E-state index in [-0.39, 0.29) is 39.5 Å². The number of amides is 1. The molecule has 32 heavy (non-hydrogen) atoms. The van der Waals surface area contributed by atoms with Crippen LogP contribution in [0.4, 0.5) is 5.69 Å². The molecular weight excluding hydrogens is 493 g/mol. The Balaban J connectivity index is 1.77. The Labute approximate surface area is 204 Å². The zero-order valence-corrected chi connectivity index (χ0v) is 20.7. The number of anilines is 1. The van der Waals surface area contributed by atoms with Crippen LogP contribution in [-0.4, -0.2) is 38.9 Å². The predicted octanol–water partition coefficient (Wildman–Crippen LogP) is 4.94. The normalized spacial score (nSPS) is 16.2. The van der Waals surface area contributed by atoms with Crippen LogP contribution in [0.2, 0.25) is 15.1 Å². The number of carbonyl (C=O) groups is 1. The van der Waals surface area contributed by atoms with Crippen LogP contribution >= 0.6 is 34.8 Å². The van der Waals surface area contributed by atoms with Crippen LogP contribution < -0.4 is 10.5 Å². The van der Waals surface area contributed by atoms with Gasteiger partial charge < -0.3 is 10.6 Å². The van der Waals surface area contributed by atoms with Crippen LogP contribution in [0, 0.1) is 5.92 Å². The summed E-state index contributed by atoms with van der Waals surface area (Å²) in [5.41, 5.74) is 6.50. The molecule has 1 amide bonds. The van der Waals surface area contributed by atoms with Gasteiger partial charge in [-0.2, -0.15) is 0 Å². The molecule has 0 aromatic heterocycles. The first-order valence-corrected chi connectivity index (χ1v) is 13.0. The summed E-state index contributed by atoms with van der Waals surface area (Å²) in [5.74, 6) is -0.00986. The van der Waals surface area contributed by atoms with Crippen molar-refractivity contribution in [1.29, 1.82) is 0 Å². The summed E-state index contributed by atoms with van der Waals surface area (Å²) in [6.07, 6.45) is 2.16. The van der Waals surface area contributed by atoms with Gasteiger partial charge in [-0.25, -0.2) is 13.1 Å². The van der Waals surface area contributed by atoms with E-state index in [9.17, 15) is 13.2 Å². The third-order valence-corrected chi connectivity index (χ3v) is 8.17. The molecule has 0 bridgehead atoms. The SMILES string of the molecule is CC1CCN(C(=O)C(CCNS(=O)(=O)c2cc(Cl)c(N)c(Cl)c2)c2ccccc2Cl)CC1. The molecule has 3 N–H and O–H groups in total. The number of benzene rings is 2. The molecule has 0 saturated carbocycles. The van der Waals surface area contributed by atoms with Gasteiger partial charge in [0.15, 0.2) is 0 Å². The standard InChI is InChI=1S/C22H26Cl3N3O3S/c1-14-7-10-28(11-8-14)22(29)17(16-4-2-3-5-18(16)23)6-9-27-32(30,31)15-12-19(24)21(26)20(25)13-15/h2-5,12-14,17,27H,6-11,26H2,1H3. The quantitative estimate of drug-likeness (QED) is 0.508. The first-order chi connectivity index (χ1) is 15.1. The van der Waals surface area contributed by atoms with Crippen molar-refractivity contribution >= 4 is 56.4 Å². The summed E-state index contributed by atoms with van der Waals surface area (Å²) in [4.78, 5) is 15.1. The van der Waals surface area contributed by atoms with Crippen molar-refractivity contribution in [2.75, 3.05) is 25.4 Å². The van der Waals surface area contributed by atoms with Crippen molar-refractivity contribution in [3.05, 3.63) is 57.0 Å². The Morgan fingerprint density at radius 1 is 1.12 bits per heavy atom. The lowest BCUT2D eigenvalue weighted by molar-refractivity contribution is -0.134. The van der Waals surface area contributed by atoms with Crippen molar-refractivity contribution in [2.45, 2.75) is 37.0 Å². The molecule has 1 atom stereocenters. The van der Waals surface area contributed by atoms with E-state index in [0.717, 1.165) is 12.8 Å². The number of carbonyl (C=O) groups excluding carboxylic acids is 1. The average molecular weight is 519 g/mol. The fourth-order valence-electron chi connectivity index (χ4n) is 3.76. The molecule has 1 heterocycles. The van der Waals surface area contributed by atoms with E-state index in [1.165, 1.54) is 12.1 Å². The van der Waals surface area contributed by atoms with Gasteiger partial charge in [-0.05, 0) is 48.9 Å². The van der Waals surface area contributed by atoms with Gasteiger partial charge in [0.25, 0.3) is 0 Å². The minimum Gasteiger partial charge on any atom is -0.396 e. The minimum atomic E-state index is -3.90. The zero-order chi connectivity index (χ0) is 23.5. The Morgan fingerprint density at radius 3 is 2.31 bits per heavy atom. The smallest absolute Gasteiger partial charge is 0.240 e. The number of rotatable bonds is 7. The average Bonchev–Trinajstić information content (AvgIpc) is 2.75. The second-order valence-electron chi connectivity index (χ2n) is 8.07. The largest absolute Gasteiger partial charge is 0.396 e. The summed E-state index contributed by atoms with van der Waals surface area (Å²) >= 11 is 18.3. The lowest BCUT2D eigenvalue weighted by atomic mass is 9.92. The van der Waals surface area contributed by atoms with Crippen molar-refractivity contribution < 1.29 is 13.2 Å². The molecule has 1 aliphatic heterocycles. The number of nitrogens with zero attached hydrogens (tertiary/aromatic N) is 1. The lowest BCUT2D eigenvalue weighted by Crippen LogP contribution is -2.41. The van der Waals surface area contributed by atoms with E-state index in [1.54, 1.807) is 12.1 Å². The highest BCUT2D eigenvalue weighted by Crippen LogP contribution is 2.32. The van der Waals surface area contributed by atoms with Crippen LogP contribution in [0.5, 0.6) is 0 Å². The number of nitrogens with two attached hydrogens (primary N) is 1. The molecule has 2 aromatic carbocycles. The second kappa shape index (κ2) is 10.6. The van der Waals surface area contributed by atoms with Crippen LogP contribution in [0.1, 0.15) is 37.7 Å². The van der Waals surface area contributed by atoms with Crippen LogP contribution in [0.3, 0.4) is 0 Å². The van der Waals surface area contributed by atoms with Gasteiger partial charge in [-0.3, -0.25) is 4.79 Å². The van der Waals surface area contributed by atoms with Crippen LogP contribution in [0.15, 0.2) is 41.3 Å². The highest BCUT2D eigenvalue weighted by atomic mass is 35.5. The monoisotopic (exact) mass is 517 g/mol. The number of nitrogens with one attached hydrogen (secondary N) is 1. The fourth-order valence-corrected chi connectivity index (χ4v) is 5.74. The third kappa shape index (κ3) is 5.88. The van der Waals surface area contributed by atoms with Crippen molar-refractivity contribution in [3.8, 4) is 0 Å². The van der Waals surface area contributed by atoms with Crippen LogP contribution in [-0.2, 0) is 14.8 Å². The highest BCUT2D eigenvalue weighted by Gasteiger charge is 2.30. The number of likely N-dealkylation sites (tertiary alicyclic amines) is 1. The van der Waals surface area contributed by atoms with E-state index in [1.807, 2.05) is 17.0 Å². The molecule has 1 unspecified atom stereocenters. The molecule has 2 aromatic rings. The van der Waals surface area contributed by atoms with E-state index in [0.29, 0.717) is 29.6 Å².